The number of hydrogen-bond acceptors (Lipinski definition) is 4. The molecule has 1 aromatic heterocycles. The van der Waals surface area contributed by atoms with E-state index < -0.39 is 6.10 Å². The van der Waals surface area contributed by atoms with Gasteiger partial charge >= 0.3 is 0 Å². The summed E-state index contributed by atoms with van der Waals surface area (Å²) in [5.74, 6) is 0.878. The number of aryl methyl sites for hydroxylation is 1. The molecule has 1 fully saturated rings. The predicted molar refractivity (Wildman–Crippen MR) is 82.7 cm³/mol. The van der Waals surface area contributed by atoms with Gasteiger partial charge in [0.2, 0.25) is 0 Å². The van der Waals surface area contributed by atoms with Crippen LogP contribution in [0.5, 0.6) is 0 Å². The lowest BCUT2D eigenvalue weighted by Crippen LogP contribution is -2.43. The number of fused-ring (bicyclic) bond motifs is 1. The van der Waals surface area contributed by atoms with Crippen LogP contribution in [0.25, 0.3) is 11.0 Å². The van der Waals surface area contributed by atoms with E-state index in [-0.39, 0.29) is 5.91 Å². The van der Waals surface area contributed by atoms with Crippen LogP contribution in [0.15, 0.2) is 24.3 Å². The van der Waals surface area contributed by atoms with Crippen LogP contribution < -0.4 is 5.32 Å². The molecule has 1 N–H and O–H groups in total. The van der Waals surface area contributed by atoms with Crippen molar-refractivity contribution < 1.29 is 14.3 Å². The molecule has 22 heavy (non-hydrogen) atoms. The van der Waals surface area contributed by atoms with Gasteiger partial charge in [0.1, 0.15) is 5.82 Å². The maximum Gasteiger partial charge on any atom is 0.251 e. The van der Waals surface area contributed by atoms with Crippen molar-refractivity contribution in [2.45, 2.75) is 26.0 Å². The van der Waals surface area contributed by atoms with Crippen LogP contribution in [0, 0.1) is 0 Å². The zero-order valence-electron chi connectivity index (χ0n) is 12.7. The van der Waals surface area contributed by atoms with Crippen molar-refractivity contribution >= 4 is 16.9 Å². The number of carbonyl (C=O) groups is 1. The predicted octanol–water partition coefficient (Wildman–Crippen LogP) is 1.13. The third-order valence-corrected chi connectivity index (χ3v) is 3.81. The lowest BCUT2D eigenvalue weighted by Gasteiger charge is -2.22. The molecule has 1 amide bonds. The summed E-state index contributed by atoms with van der Waals surface area (Å²) in [5.41, 5.74) is 2.13. The minimum Gasteiger partial charge on any atom is -0.376 e. The summed E-state index contributed by atoms with van der Waals surface area (Å²) in [4.78, 5) is 16.6. The van der Waals surface area contributed by atoms with E-state index in [2.05, 4.69) is 27.9 Å². The van der Waals surface area contributed by atoms with Crippen molar-refractivity contribution in [3.8, 4) is 0 Å². The number of para-hydroxylation sites is 2. The molecule has 6 nitrogen and oxygen atoms in total. The maximum absolute atomic E-state index is 12.0. The Bertz CT molecular complexity index is 647. The molecule has 1 saturated heterocycles. The lowest BCUT2D eigenvalue weighted by molar-refractivity contribution is -0.147. The van der Waals surface area contributed by atoms with Gasteiger partial charge in [-0.25, -0.2) is 4.98 Å². The second-order valence-corrected chi connectivity index (χ2v) is 5.24. The van der Waals surface area contributed by atoms with Gasteiger partial charge in [0.15, 0.2) is 6.10 Å². The summed E-state index contributed by atoms with van der Waals surface area (Å²) in [6.45, 7) is 4.88. The molecular formula is C16H21N3O3. The Balaban J connectivity index is 1.60. The molecular weight excluding hydrogens is 282 g/mol. The van der Waals surface area contributed by atoms with Crippen LogP contribution in [-0.4, -0.2) is 47.9 Å². The number of amides is 1. The molecule has 118 valence electrons. The van der Waals surface area contributed by atoms with E-state index in [1.165, 1.54) is 0 Å². The first-order valence-corrected chi connectivity index (χ1v) is 7.70. The number of nitrogens with zero attached hydrogens (tertiary/aromatic N) is 2. The summed E-state index contributed by atoms with van der Waals surface area (Å²) in [6, 6.07) is 8.08. The average molecular weight is 303 g/mol. The number of ether oxygens (including phenoxy) is 2. The van der Waals surface area contributed by atoms with E-state index in [0.29, 0.717) is 32.8 Å². The number of aromatic nitrogens is 2. The second kappa shape index (κ2) is 6.89. The smallest absolute Gasteiger partial charge is 0.251 e. The summed E-state index contributed by atoms with van der Waals surface area (Å²) in [7, 11) is 0. The quantitative estimate of drug-likeness (QED) is 0.899. The Kier molecular flexibility index (Phi) is 4.70. The molecule has 2 aromatic rings. The topological polar surface area (TPSA) is 65.4 Å². The first-order valence-electron chi connectivity index (χ1n) is 7.70. The van der Waals surface area contributed by atoms with Crippen LogP contribution in [0.1, 0.15) is 12.7 Å². The molecule has 0 unspecified atom stereocenters. The van der Waals surface area contributed by atoms with Crippen LogP contribution in [0.3, 0.4) is 0 Å². The number of rotatable bonds is 5. The highest BCUT2D eigenvalue weighted by atomic mass is 16.6. The average Bonchev–Trinajstić information content (AvgIpc) is 2.93. The Morgan fingerprint density at radius 1 is 1.41 bits per heavy atom. The first kappa shape index (κ1) is 15.0. The van der Waals surface area contributed by atoms with Crippen molar-refractivity contribution in [3.63, 3.8) is 0 Å². The van der Waals surface area contributed by atoms with Crippen molar-refractivity contribution in [2.75, 3.05) is 26.4 Å². The fraction of sp³-hybridized carbons (Fsp3) is 0.500. The minimum atomic E-state index is -0.487. The molecule has 1 aliphatic rings. The molecule has 6 heteroatoms. The summed E-state index contributed by atoms with van der Waals surface area (Å²) in [5, 5.41) is 2.90. The highest BCUT2D eigenvalue weighted by Crippen LogP contribution is 2.16. The van der Waals surface area contributed by atoms with E-state index >= 15 is 0 Å². The monoisotopic (exact) mass is 303 g/mol. The Hall–Kier alpha value is -1.92. The molecule has 1 atom stereocenters. The minimum absolute atomic E-state index is 0.112. The zero-order chi connectivity index (χ0) is 15.4. The fourth-order valence-electron chi connectivity index (χ4n) is 2.72. The third-order valence-electron chi connectivity index (χ3n) is 3.81. The Morgan fingerprint density at radius 3 is 3.05 bits per heavy atom. The number of nitrogens with one attached hydrogen (secondary N) is 1. The number of hydrogen-bond donors (Lipinski definition) is 1. The fourth-order valence-corrected chi connectivity index (χ4v) is 2.72. The normalized spacial score (nSPS) is 18.5. The Morgan fingerprint density at radius 2 is 2.27 bits per heavy atom. The van der Waals surface area contributed by atoms with Gasteiger partial charge in [0.25, 0.3) is 5.91 Å². The van der Waals surface area contributed by atoms with E-state index in [0.717, 1.165) is 23.4 Å². The molecule has 1 aromatic carbocycles. The molecule has 0 spiro atoms. The number of benzene rings is 1. The molecule has 0 aliphatic carbocycles. The number of imidazole rings is 1. The van der Waals surface area contributed by atoms with E-state index in [1.807, 2.05) is 18.2 Å². The van der Waals surface area contributed by atoms with Crippen LogP contribution >= 0.6 is 0 Å². The van der Waals surface area contributed by atoms with Gasteiger partial charge in [0, 0.05) is 19.5 Å². The molecule has 1 aliphatic heterocycles. The van der Waals surface area contributed by atoms with E-state index in [9.17, 15) is 4.79 Å². The second-order valence-electron chi connectivity index (χ2n) is 5.24. The van der Waals surface area contributed by atoms with Gasteiger partial charge in [-0.05, 0) is 19.1 Å². The van der Waals surface area contributed by atoms with Crippen molar-refractivity contribution in [1.29, 1.82) is 0 Å². The van der Waals surface area contributed by atoms with Gasteiger partial charge in [-0.2, -0.15) is 0 Å². The highest BCUT2D eigenvalue weighted by molar-refractivity contribution is 5.81. The SMILES string of the molecule is CCn1c(CCNC(=O)[C@H]2COCCO2)nc2ccccc21. The molecule has 0 bridgehead atoms. The molecule has 3 rings (SSSR count). The molecule has 0 saturated carbocycles. The summed E-state index contributed by atoms with van der Waals surface area (Å²) >= 11 is 0. The van der Waals surface area contributed by atoms with Gasteiger partial charge in [-0.3, -0.25) is 4.79 Å². The standard InChI is InChI=1S/C16H21N3O3/c1-2-19-13-6-4-3-5-12(13)18-15(19)7-8-17-16(20)14-11-21-9-10-22-14/h3-6,14H,2,7-11H2,1H3,(H,17,20)/t14-/m1/s1. The van der Waals surface area contributed by atoms with Crippen molar-refractivity contribution in [3.05, 3.63) is 30.1 Å². The van der Waals surface area contributed by atoms with Crippen LogP contribution in [0.4, 0.5) is 0 Å². The largest absolute Gasteiger partial charge is 0.376 e. The molecule has 0 radical (unpaired) electrons. The van der Waals surface area contributed by atoms with Gasteiger partial charge < -0.3 is 19.4 Å². The summed E-state index contributed by atoms with van der Waals surface area (Å²) < 4.78 is 12.8. The van der Waals surface area contributed by atoms with Gasteiger partial charge in [-0.15, -0.1) is 0 Å². The highest BCUT2D eigenvalue weighted by Gasteiger charge is 2.22. The van der Waals surface area contributed by atoms with Crippen molar-refractivity contribution in [2.24, 2.45) is 0 Å². The maximum atomic E-state index is 12.0. The third kappa shape index (κ3) is 3.13. The lowest BCUT2D eigenvalue weighted by atomic mass is 10.3. The van der Waals surface area contributed by atoms with Crippen LogP contribution in [-0.2, 0) is 27.2 Å². The Labute approximate surface area is 129 Å². The van der Waals surface area contributed by atoms with E-state index in [1.54, 1.807) is 0 Å². The van der Waals surface area contributed by atoms with Gasteiger partial charge in [-0.1, -0.05) is 12.1 Å². The van der Waals surface area contributed by atoms with Crippen LogP contribution in [0.2, 0.25) is 0 Å². The van der Waals surface area contributed by atoms with Gasteiger partial charge in [0.05, 0.1) is 30.9 Å². The summed E-state index contributed by atoms with van der Waals surface area (Å²) in [6.07, 6.45) is 0.209. The van der Waals surface area contributed by atoms with E-state index in [4.69, 9.17) is 9.47 Å². The zero-order valence-corrected chi connectivity index (χ0v) is 12.7. The number of carbonyl (C=O) groups excluding carboxylic acids is 1. The van der Waals surface area contributed by atoms with Crippen molar-refractivity contribution in [1.82, 2.24) is 14.9 Å². The first-order chi connectivity index (χ1) is 10.8. The molecule has 2 heterocycles.